The van der Waals surface area contributed by atoms with Crippen LogP contribution in [-0.2, 0) is 14.4 Å². The molecule has 0 aromatic heterocycles. The predicted octanol–water partition coefficient (Wildman–Crippen LogP) is -0.606. The molecule has 0 fully saturated rings. The number of nitrogens with one attached hydrogen (secondary N) is 1. The number of amides is 1. The van der Waals surface area contributed by atoms with Gasteiger partial charge >= 0.3 is 17.8 Å². The summed E-state index contributed by atoms with van der Waals surface area (Å²) >= 11 is 1.42. The molecule has 7 heteroatoms. The molecule has 0 saturated heterocycles. The van der Waals surface area contributed by atoms with E-state index in [9.17, 15) is 14.4 Å². The molecule has 0 saturated carbocycles. The Morgan fingerprint density at radius 3 is 2.29 bits per heavy atom. The maximum Gasteiger partial charge on any atom is 0.394 e. The lowest BCUT2D eigenvalue weighted by molar-refractivity contribution is -0.152. The van der Waals surface area contributed by atoms with E-state index >= 15 is 0 Å². The fourth-order valence-corrected chi connectivity index (χ4v) is 1.18. The monoisotopic (exact) mass is 221 g/mol. The van der Waals surface area contributed by atoms with Gasteiger partial charge in [0.25, 0.3) is 0 Å². The Morgan fingerprint density at radius 2 is 1.93 bits per heavy atom. The van der Waals surface area contributed by atoms with Gasteiger partial charge in [0.15, 0.2) is 0 Å². The van der Waals surface area contributed by atoms with Gasteiger partial charge in [-0.15, -0.1) is 0 Å². The van der Waals surface area contributed by atoms with Crippen LogP contribution in [0.4, 0.5) is 0 Å². The van der Waals surface area contributed by atoms with Gasteiger partial charge in [0, 0.05) is 0 Å². The molecule has 14 heavy (non-hydrogen) atoms. The number of hydrogen-bond acceptors (Lipinski definition) is 4. The van der Waals surface area contributed by atoms with Gasteiger partial charge in [0.1, 0.15) is 6.04 Å². The van der Waals surface area contributed by atoms with E-state index in [0.717, 1.165) is 0 Å². The van der Waals surface area contributed by atoms with E-state index in [-0.39, 0.29) is 6.42 Å². The average Bonchev–Trinajstić information content (AvgIpc) is 2.10. The zero-order chi connectivity index (χ0) is 11.1. The lowest BCUT2D eigenvalue weighted by Gasteiger charge is -2.11. The van der Waals surface area contributed by atoms with Crippen LogP contribution in [-0.4, -0.2) is 46.1 Å². The number of aliphatic carboxylic acids is 2. The smallest absolute Gasteiger partial charge is 0.394 e. The molecule has 0 aromatic carbocycles. The number of rotatable bonds is 5. The Balaban J connectivity index is 4.16. The van der Waals surface area contributed by atoms with E-state index < -0.39 is 23.9 Å². The fraction of sp³-hybridized carbons (Fsp3) is 0.571. The Kier molecular flexibility index (Phi) is 5.70. The summed E-state index contributed by atoms with van der Waals surface area (Å²) in [6, 6.07) is -1.13. The van der Waals surface area contributed by atoms with Crippen LogP contribution in [0.3, 0.4) is 0 Å². The SMILES string of the molecule is CSCC[C@H](NC(=O)C(=O)O)C(=O)O. The molecule has 0 spiro atoms. The van der Waals surface area contributed by atoms with E-state index in [0.29, 0.717) is 5.75 Å². The summed E-state index contributed by atoms with van der Waals surface area (Å²) in [5, 5.41) is 18.7. The number of carbonyl (C=O) groups is 3. The minimum Gasteiger partial charge on any atom is -0.480 e. The van der Waals surface area contributed by atoms with Crippen LogP contribution in [0.1, 0.15) is 6.42 Å². The van der Waals surface area contributed by atoms with E-state index in [1.165, 1.54) is 11.8 Å². The van der Waals surface area contributed by atoms with Crippen molar-refractivity contribution in [2.45, 2.75) is 12.5 Å². The van der Waals surface area contributed by atoms with Gasteiger partial charge in [-0.25, -0.2) is 9.59 Å². The minimum absolute atomic E-state index is 0.204. The van der Waals surface area contributed by atoms with Gasteiger partial charge in [-0.05, 0) is 18.4 Å². The van der Waals surface area contributed by atoms with Crippen molar-refractivity contribution < 1.29 is 24.6 Å². The molecule has 3 N–H and O–H groups in total. The molecular formula is C7H11NO5S. The molecule has 0 aliphatic carbocycles. The van der Waals surface area contributed by atoms with Crippen molar-refractivity contribution in [3.05, 3.63) is 0 Å². The fourth-order valence-electron chi connectivity index (χ4n) is 0.713. The maximum atomic E-state index is 10.6. The lowest BCUT2D eigenvalue weighted by Crippen LogP contribution is -2.44. The number of carbonyl (C=O) groups excluding carboxylic acids is 1. The molecule has 0 aromatic rings. The highest BCUT2D eigenvalue weighted by Gasteiger charge is 2.22. The molecule has 6 nitrogen and oxygen atoms in total. The molecule has 0 bridgehead atoms. The van der Waals surface area contributed by atoms with Crippen LogP contribution < -0.4 is 5.32 Å². The predicted molar refractivity (Wildman–Crippen MR) is 50.2 cm³/mol. The van der Waals surface area contributed by atoms with Crippen LogP contribution in [0.2, 0.25) is 0 Å². The van der Waals surface area contributed by atoms with E-state index in [1.807, 2.05) is 5.32 Å². The highest BCUT2D eigenvalue weighted by Crippen LogP contribution is 2.00. The number of carboxylic acids is 2. The minimum atomic E-state index is -1.68. The zero-order valence-corrected chi connectivity index (χ0v) is 8.34. The van der Waals surface area contributed by atoms with Crippen LogP contribution in [0, 0.1) is 0 Å². The molecule has 0 radical (unpaired) electrons. The molecule has 0 unspecified atom stereocenters. The molecule has 0 rings (SSSR count). The first-order valence-corrected chi connectivity index (χ1v) is 5.14. The largest absolute Gasteiger partial charge is 0.480 e. The normalized spacial score (nSPS) is 11.8. The van der Waals surface area contributed by atoms with E-state index in [4.69, 9.17) is 10.2 Å². The van der Waals surface area contributed by atoms with Gasteiger partial charge in [0.2, 0.25) is 0 Å². The number of hydrogen-bond donors (Lipinski definition) is 3. The summed E-state index contributed by atoms with van der Waals surface area (Å²) < 4.78 is 0. The second-order valence-corrected chi connectivity index (χ2v) is 3.44. The molecule has 0 heterocycles. The Hall–Kier alpha value is -1.24. The summed E-state index contributed by atoms with van der Waals surface area (Å²) in [6.45, 7) is 0. The van der Waals surface area contributed by atoms with Crippen LogP contribution in [0.15, 0.2) is 0 Å². The Bertz CT molecular complexity index is 242. The quantitative estimate of drug-likeness (QED) is 0.535. The first-order valence-electron chi connectivity index (χ1n) is 3.74. The third-order valence-electron chi connectivity index (χ3n) is 1.41. The van der Waals surface area contributed by atoms with Gasteiger partial charge in [0.05, 0.1) is 0 Å². The standard InChI is InChI=1S/C7H11NO5S/c1-14-3-2-4(6(10)11)8-5(9)7(12)13/h4H,2-3H2,1H3,(H,8,9)(H,10,11)(H,12,13)/t4-/m0/s1. The second kappa shape index (κ2) is 6.25. The van der Waals surface area contributed by atoms with Gasteiger partial charge in [-0.1, -0.05) is 0 Å². The highest BCUT2D eigenvalue weighted by atomic mass is 32.2. The molecular weight excluding hydrogens is 210 g/mol. The number of carboxylic acid groups (broad SMARTS) is 2. The molecule has 1 amide bonds. The molecule has 80 valence electrons. The first kappa shape index (κ1) is 12.8. The van der Waals surface area contributed by atoms with Crippen molar-refractivity contribution in [3.8, 4) is 0 Å². The third kappa shape index (κ3) is 4.70. The van der Waals surface area contributed by atoms with Gasteiger partial charge < -0.3 is 15.5 Å². The van der Waals surface area contributed by atoms with Crippen molar-refractivity contribution in [3.63, 3.8) is 0 Å². The van der Waals surface area contributed by atoms with Crippen molar-refractivity contribution in [1.29, 1.82) is 0 Å². The molecule has 0 aliphatic rings. The zero-order valence-electron chi connectivity index (χ0n) is 7.52. The van der Waals surface area contributed by atoms with Crippen LogP contribution >= 0.6 is 11.8 Å². The third-order valence-corrected chi connectivity index (χ3v) is 2.05. The van der Waals surface area contributed by atoms with Crippen molar-refractivity contribution in [2.75, 3.05) is 12.0 Å². The van der Waals surface area contributed by atoms with Crippen LogP contribution in [0.5, 0.6) is 0 Å². The summed E-state index contributed by atoms with van der Waals surface area (Å²) in [5.41, 5.74) is 0. The van der Waals surface area contributed by atoms with Crippen LogP contribution in [0.25, 0.3) is 0 Å². The van der Waals surface area contributed by atoms with Crippen molar-refractivity contribution in [1.82, 2.24) is 5.32 Å². The first-order chi connectivity index (χ1) is 6.49. The molecule has 0 aliphatic heterocycles. The topological polar surface area (TPSA) is 104 Å². The summed E-state index contributed by atoms with van der Waals surface area (Å²) in [6.07, 6.45) is 1.99. The van der Waals surface area contributed by atoms with Crippen molar-refractivity contribution in [2.24, 2.45) is 0 Å². The Morgan fingerprint density at radius 1 is 1.36 bits per heavy atom. The molecule has 1 atom stereocenters. The number of thioether (sulfide) groups is 1. The lowest BCUT2D eigenvalue weighted by atomic mass is 10.2. The Labute approximate surface area is 84.7 Å². The summed E-state index contributed by atoms with van der Waals surface area (Å²) in [4.78, 5) is 31.3. The average molecular weight is 221 g/mol. The maximum absolute atomic E-state index is 10.6. The summed E-state index contributed by atoms with van der Waals surface area (Å²) in [7, 11) is 0. The second-order valence-electron chi connectivity index (χ2n) is 2.45. The van der Waals surface area contributed by atoms with E-state index in [2.05, 4.69) is 0 Å². The highest BCUT2D eigenvalue weighted by molar-refractivity contribution is 7.98. The summed E-state index contributed by atoms with van der Waals surface area (Å²) in [5.74, 6) is -3.66. The van der Waals surface area contributed by atoms with Crippen molar-refractivity contribution >= 4 is 29.6 Å². The van der Waals surface area contributed by atoms with Gasteiger partial charge in [-0.3, -0.25) is 4.79 Å². The van der Waals surface area contributed by atoms with Gasteiger partial charge in [-0.2, -0.15) is 11.8 Å². The van der Waals surface area contributed by atoms with E-state index in [1.54, 1.807) is 6.26 Å².